The SMILES string of the molecule is C#CCCCCOSSCC. The molecule has 0 aromatic rings. The van der Waals surface area contributed by atoms with Crippen molar-refractivity contribution in [1.29, 1.82) is 0 Å². The predicted octanol–water partition coefficient (Wildman–Crippen LogP) is 3.12. The van der Waals surface area contributed by atoms with Crippen molar-refractivity contribution < 1.29 is 4.18 Å². The maximum atomic E-state index is 5.23. The van der Waals surface area contributed by atoms with Crippen molar-refractivity contribution in [2.24, 2.45) is 0 Å². The Hall–Kier alpha value is 0.220. The highest BCUT2D eigenvalue weighted by atomic mass is 33.1. The number of terminal acetylenes is 1. The lowest BCUT2D eigenvalue weighted by atomic mass is 10.2. The third-order valence-electron chi connectivity index (χ3n) is 1.01. The molecule has 0 saturated carbocycles. The molecule has 0 saturated heterocycles. The fourth-order valence-electron chi connectivity index (χ4n) is 0.504. The Labute approximate surface area is 77.3 Å². The normalized spacial score (nSPS) is 9.45. The molecular formula is C8H14OS2. The summed E-state index contributed by atoms with van der Waals surface area (Å²) in [6.45, 7) is 2.93. The van der Waals surface area contributed by atoms with Crippen LogP contribution in [0.5, 0.6) is 0 Å². The molecule has 0 heterocycles. The standard InChI is InChI=1S/C8H14OS2/c1-3-5-6-7-8-9-11-10-4-2/h1H,4-8H2,2H3. The van der Waals surface area contributed by atoms with Gasteiger partial charge >= 0.3 is 0 Å². The van der Waals surface area contributed by atoms with E-state index in [1.165, 1.54) is 11.1 Å². The highest BCUT2D eigenvalue weighted by Crippen LogP contribution is 2.21. The van der Waals surface area contributed by atoms with Gasteiger partial charge in [-0.05, 0) is 12.8 Å². The van der Waals surface area contributed by atoms with Gasteiger partial charge in [0.05, 0.1) is 17.7 Å². The van der Waals surface area contributed by atoms with Crippen LogP contribution in [0.3, 0.4) is 0 Å². The molecule has 0 spiro atoms. The van der Waals surface area contributed by atoms with E-state index < -0.39 is 0 Å². The molecule has 0 aliphatic rings. The summed E-state index contributed by atoms with van der Waals surface area (Å²) in [4.78, 5) is 0. The maximum absolute atomic E-state index is 5.23. The van der Waals surface area contributed by atoms with Crippen molar-refractivity contribution in [2.75, 3.05) is 12.4 Å². The Morgan fingerprint density at radius 1 is 1.45 bits per heavy atom. The molecule has 0 aromatic carbocycles. The maximum Gasteiger partial charge on any atom is 0.0624 e. The third kappa shape index (κ3) is 10.2. The zero-order chi connectivity index (χ0) is 8.36. The van der Waals surface area contributed by atoms with Gasteiger partial charge in [0.1, 0.15) is 0 Å². The number of rotatable bonds is 7. The molecule has 0 aromatic heterocycles. The van der Waals surface area contributed by atoms with Gasteiger partial charge in [-0.1, -0.05) is 17.7 Å². The molecule has 0 aliphatic heterocycles. The summed E-state index contributed by atoms with van der Waals surface area (Å²) < 4.78 is 5.23. The zero-order valence-electron chi connectivity index (χ0n) is 6.84. The van der Waals surface area contributed by atoms with E-state index in [0.29, 0.717) is 0 Å². The second-order valence-electron chi connectivity index (χ2n) is 1.96. The van der Waals surface area contributed by atoms with Gasteiger partial charge in [-0.3, -0.25) is 0 Å². The highest BCUT2D eigenvalue weighted by molar-refractivity contribution is 8.74. The van der Waals surface area contributed by atoms with Gasteiger partial charge in [0.15, 0.2) is 0 Å². The lowest BCUT2D eigenvalue weighted by Gasteiger charge is -1.98. The lowest BCUT2D eigenvalue weighted by Crippen LogP contribution is -1.84. The highest BCUT2D eigenvalue weighted by Gasteiger charge is 1.88. The summed E-state index contributed by atoms with van der Waals surface area (Å²) in [6, 6.07) is 0. The van der Waals surface area contributed by atoms with Crippen LogP contribution in [0.2, 0.25) is 0 Å². The lowest BCUT2D eigenvalue weighted by molar-refractivity contribution is 0.365. The first-order valence-electron chi connectivity index (χ1n) is 3.76. The molecule has 0 unspecified atom stereocenters. The fourth-order valence-corrected chi connectivity index (χ4v) is 1.55. The first-order valence-corrected chi connectivity index (χ1v) is 6.00. The van der Waals surface area contributed by atoms with Crippen LogP contribution in [0.15, 0.2) is 0 Å². The van der Waals surface area contributed by atoms with Crippen LogP contribution in [-0.4, -0.2) is 12.4 Å². The average Bonchev–Trinajstić information content (AvgIpc) is 2.03. The molecule has 0 atom stereocenters. The van der Waals surface area contributed by atoms with Crippen LogP contribution in [0.1, 0.15) is 26.2 Å². The van der Waals surface area contributed by atoms with E-state index in [0.717, 1.165) is 31.6 Å². The minimum absolute atomic E-state index is 0.819. The van der Waals surface area contributed by atoms with Gasteiger partial charge in [-0.25, -0.2) is 0 Å². The summed E-state index contributed by atoms with van der Waals surface area (Å²) in [5, 5.41) is 0. The summed E-state index contributed by atoms with van der Waals surface area (Å²) in [6.07, 6.45) is 8.11. The summed E-state index contributed by atoms with van der Waals surface area (Å²) in [5.74, 6) is 3.69. The molecule has 0 rings (SSSR count). The fraction of sp³-hybridized carbons (Fsp3) is 0.750. The molecule has 0 N–H and O–H groups in total. The minimum atomic E-state index is 0.819. The summed E-state index contributed by atoms with van der Waals surface area (Å²) in [5.41, 5.74) is 0. The summed E-state index contributed by atoms with van der Waals surface area (Å²) in [7, 11) is 1.73. The minimum Gasteiger partial charge on any atom is -0.305 e. The Morgan fingerprint density at radius 2 is 2.27 bits per heavy atom. The molecule has 11 heavy (non-hydrogen) atoms. The number of hydrogen-bond donors (Lipinski definition) is 0. The molecule has 0 aliphatic carbocycles. The van der Waals surface area contributed by atoms with Crippen molar-refractivity contribution in [3.05, 3.63) is 0 Å². The largest absolute Gasteiger partial charge is 0.305 e. The molecular weight excluding hydrogens is 176 g/mol. The van der Waals surface area contributed by atoms with Crippen LogP contribution in [-0.2, 0) is 4.18 Å². The van der Waals surface area contributed by atoms with Crippen molar-refractivity contribution in [2.45, 2.75) is 26.2 Å². The first kappa shape index (κ1) is 11.2. The zero-order valence-corrected chi connectivity index (χ0v) is 8.47. The van der Waals surface area contributed by atoms with Gasteiger partial charge in [0, 0.05) is 12.2 Å². The predicted molar refractivity (Wildman–Crippen MR) is 54.4 cm³/mol. The van der Waals surface area contributed by atoms with Gasteiger partial charge < -0.3 is 4.18 Å². The molecule has 3 heteroatoms. The Kier molecular flexibility index (Phi) is 10.4. The molecule has 0 bridgehead atoms. The van der Waals surface area contributed by atoms with E-state index in [9.17, 15) is 0 Å². The van der Waals surface area contributed by atoms with E-state index in [-0.39, 0.29) is 0 Å². The van der Waals surface area contributed by atoms with E-state index >= 15 is 0 Å². The van der Waals surface area contributed by atoms with E-state index in [4.69, 9.17) is 10.6 Å². The average molecular weight is 190 g/mol. The first-order chi connectivity index (χ1) is 5.41. The quantitative estimate of drug-likeness (QED) is 0.264. The Balaban J connectivity index is 2.75. The molecule has 64 valence electrons. The van der Waals surface area contributed by atoms with E-state index in [1.54, 1.807) is 10.8 Å². The van der Waals surface area contributed by atoms with E-state index in [1.807, 2.05) is 0 Å². The van der Waals surface area contributed by atoms with Gasteiger partial charge in [-0.2, -0.15) is 0 Å². The molecule has 1 nitrogen and oxygen atoms in total. The topological polar surface area (TPSA) is 9.23 Å². The third-order valence-corrected chi connectivity index (χ3v) is 2.89. The Morgan fingerprint density at radius 3 is 2.91 bits per heavy atom. The molecule has 0 radical (unpaired) electrons. The monoisotopic (exact) mass is 190 g/mol. The second-order valence-corrected chi connectivity index (χ2v) is 4.26. The van der Waals surface area contributed by atoms with E-state index in [2.05, 4.69) is 12.8 Å². The number of unbranched alkanes of at least 4 members (excludes halogenated alkanes) is 2. The van der Waals surface area contributed by atoms with Gasteiger partial charge in [0.2, 0.25) is 0 Å². The molecule has 0 fully saturated rings. The summed E-state index contributed by atoms with van der Waals surface area (Å²) >= 11 is 1.48. The van der Waals surface area contributed by atoms with Crippen LogP contribution in [0.4, 0.5) is 0 Å². The van der Waals surface area contributed by atoms with Crippen LogP contribution in [0, 0.1) is 12.3 Å². The molecule has 0 amide bonds. The van der Waals surface area contributed by atoms with Crippen LogP contribution in [0.25, 0.3) is 0 Å². The smallest absolute Gasteiger partial charge is 0.0624 e. The van der Waals surface area contributed by atoms with Gasteiger partial charge in [0.25, 0.3) is 0 Å². The number of hydrogen-bond acceptors (Lipinski definition) is 3. The second kappa shape index (κ2) is 10.2. The van der Waals surface area contributed by atoms with Crippen LogP contribution < -0.4 is 0 Å². The van der Waals surface area contributed by atoms with Crippen molar-refractivity contribution in [3.63, 3.8) is 0 Å². The van der Waals surface area contributed by atoms with Crippen LogP contribution >= 0.6 is 21.9 Å². The van der Waals surface area contributed by atoms with Gasteiger partial charge in [-0.15, -0.1) is 12.3 Å². The van der Waals surface area contributed by atoms with Crippen molar-refractivity contribution in [1.82, 2.24) is 0 Å². The van der Waals surface area contributed by atoms with Crippen molar-refractivity contribution in [3.8, 4) is 12.3 Å². The Bertz CT molecular complexity index is 109. The van der Waals surface area contributed by atoms with Crippen molar-refractivity contribution >= 4 is 21.9 Å².